The Morgan fingerprint density at radius 2 is 1.94 bits per heavy atom. The van der Waals surface area contributed by atoms with Crippen molar-refractivity contribution < 1.29 is 33.2 Å². The number of rotatable bonds is 7. The molecule has 3 aromatic rings. The van der Waals surface area contributed by atoms with Crippen molar-refractivity contribution in [1.29, 1.82) is 0 Å². The quantitative estimate of drug-likeness (QED) is 0.311. The second kappa shape index (κ2) is 9.75. The van der Waals surface area contributed by atoms with Gasteiger partial charge in [0.2, 0.25) is 11.8 Å². The lowest BCUT2D eigenvalue weighted by Gasteiger charge is -2.23. The molecule has 2 unspecified atom stereocenters. The number of aliphatic hydroxyl groups is 1. The molecule has 1 aromatic heterocycles. The second-order valence-corrected chi connectivity index (χ2v) is 7.63. The molecule has 0 aliphatic carbocycles. The Hall–Kier alpha value is -4.19. The summed E-state index contributed by atoms with van der Waals surface area (Å²) in [6.07, 6.45) is -1.19. The van der Waals surface area contributed by atoms with Gasteiger partial charge in [0.05, 0.1) is 17.4 Å². The summed E-state index contributed by atoms with van der Waals surface area (Å²) in [5.74, 6) is -1.76. The number of ether oxygens (including phenoxy) is 1. The fourth-order valence-electron chi connectivity index (χ4n) is 3.60. The van der Waals surface area contributed by atoms with Gasteiger partial charge < -0.3 is 19.2 Å². The molecular weight excluding hydrogens is 451 g/mol. The molecule has 1 amide bonds. The van der Waals surface area contributed by atoms with Crippen LogP contribution in [0, 0.1) is 15.9 Å². The summed E-state index contributed by atoms with van der Waals surface area (Å²) in [5.41, 5.74) is 0.537. The molecule has 2 heterocycles. The summed E-state index contributed by atoms with van der Waals surface area (Å²) in [7, 11) is 0. The van der Waals surface area contributed by atoms with Gasteiger partial charge in [0.1, 0.15) is 11.9 Å². The highest BCUT2D eigenvalue weighted by molar-refractivity contribution is 5.86. The number of amides is 1. The number of nitro benzene ring substituents is 1. The first-order chi connectivity index (χ1) is 16.3. The van der Waals surface area contributed by atoms with Crippen LogP contribution >= 0.6 is 0 Å². The number of non-ortho nitro benzene ring substituents is 1. The standard InChI is InChI=1S/C22H19FN4O7/c23-17-4-2-1-3-14(17)9-20(29)26-11-16(28)10-18(26)22(30)33-12-19-24-25-21(34-19)13-5-7-15(8-6-13)27(31)32/h1-8,16,18,28H,9-12H2. The minimum atomic E-state index is -1.04. The number of β-amino-alcohol motifs (C(OH)–C–C–N with tert-alkyl or cyclic N) is 1. The van der Waals surface area contributed by atoms with Gasteiger partial charge in [-0.05, 0) is 23.8 Å². The lowest BCUT2D eigenvalue weighted by atomic mass is 10.1. The van der Waals surface area contributed by atoms with E-state index in [1.807, 2.05) is 0 Å². The molecule has 1 fully saturated rings. The normalized spacial score (nSPS) is 17.5. The van der Waals surface area contributed by atoms with Gasteiger partial charge in [0, 0.05) is 30.7 Å². The maximum absolute atomic E-state index is 13.9. The molecule has 4 rings (SSSR count). The number of hydrogen-bond donors (Lipinski definition) is 1. The van der Waals surface area contributed by atoms with Crippen LogP contribution in [0.2, 0.25) is 0 Å². The first kappa shape index (κ1) is 23.0. The number of nitro groups is 1. The smallest absolute Gasteiger partial charge is 0.329 e. The Balaban J connectivity index is 1.37. The number of likely N-dealkylation sites (tertiary alicyclic amines) is 1. The van der Waals surface area contributed by atoms with Gasteiger partial charge >= 0.3 is 5.97 Å². The molecule has 1 aliphatic heterocycles. The highest BCUT2D eigenvalue weighted by atomic mass is 19.1. The van der Waals surface area contributed by atoms with Crippen molar-refractivity contribution in [3.63, 3.8) is 0 Å². The number of aliphatic hydroxyl groups excluding tert-OH is 1. The number of esters is 1. The number of aromatic nitrogens is 2. The molecule has 34 heavy (non-hydrogen) atoms. The van der Waals surface area contributed by atoms with E-state index >= 15 is 0 Å². The average Bonchev–Trinajstić information content (AvgIpc) is 3.46. The molecule has 176 valence electrons. The van der Waals surface area contributed by atoms with Crippen LogP contribution in [0.1, 0.15) is 17.9 Å². The van der Waals surface area contributed by atoms with Gasteiger partial charge in [-0.25, -0.2) is 9.18 Å². The van der Waals surface area contributed by atoms with Crippen LogP contribution in [0.5, 0.6) is 0 Å². The van der Waals surface area contributed by atoms with Gasteiger partial charge in [-0.3, -0.25) is 14.9 Å². The van der Waals surface area contributed by atoms with Crippen molar-refractivity contribution in [1.82, 2.24) is 15.1 Å². The van der Waals surface area contributed by atoms with Crippen molar-refractivity contribution in [2.45, 2.75) is 31.6 Å². The number of hydrogen-bond acceptors (Lipinski definition) is 9. The van der Waals surface area contributed by atoms with E-state index in [4.69, 9.17) is 9.15 Å². The molecule has 0 radical (unpaired) electrons. The number of halogens is 1. The first-order valence-electron chi connectivity index (χ1n) is 10.3. The average molecular weight is 470 g/mol. The molecule has 0 spiro atoms. The molecule has 1 saturated heterocycles. The second-order valence-electron chi connectivity index (χ2n) is 7.63. The van der Waals surface area contributed by atoms with Gasteiger partial charge in [-0.1, -0.05) is 18.2 Å². The fraction of sp³-hybridized carbons (Fsp3) is 0.273. The molecule has 0 saturated carbocycles. The maximum atomic E-state index is 13.9. The van der Waals surface area contributed by atoms with E-state index in [1.54, 1.807) is 6.07 Å². The third-order valence-electron chi connectivity index (χ3n) is 5.30. The van der Waals surface area contributed by atoms with Crippen LogP contribution in [0.15, 0.2) is 52.9 Å². The van der Waals surface area contributed by atoms with Crippen LogP contribution in [0.4, 0.5) is 10.1 Å². The van der Waals surface area contributed by atoms with Crippen LogP contribution in [0.25, 0.3) is 11.5 Å². The summed E-state index contributed by atoms with van der Waals surface area (Å²) in [6, 6.07) is 10.3. The Bertz CT molecular complexity index is 1210. The minimum Gasteiger partial charge on any atom is -0.454 e. The van der Waals surface area contributed by atoms with E-state index in [9.17, 15) is 29.2 Å². The van der Waals surface area contributed by atoms with Crippen LogP contribution in [-0.4, -0.2) is 55.7 Å². The summed E-state index contributed by atoms with van der Waals surface area (Å²) < 4.78 is 24.5. The molecule has 11 nitrogen and oxygen atoms in total. The largest absolute Gasteiger partial charge is 0.454 e. The SMILES string of the molecule is O=C(OCc1nnc(-c2ccc([N+](=O)[O-])cc2)o1)C1CC(O)CN1C(=O)Cc1ccccc1F. The summed E-state index contributed by atoms with van der Waals surface area (Å²) in [6.45, 7) is -0.446. The summed E-state index contributed by atoms with van der Waals surface area (Å²) >= 11 is 0. The van der Waals surface area contributed by atoms with Crippen LogP contribution in [-0.2, 0) is 27.4 Å². The lowest BCUT2D eigenvalue weighted by Crippen LogP contribution is -2.42. The van der Waals surface area contributed by atoms with Crippen molar-refractivity contribution in [2.24, 2.45) is 0 Å². The molecule has 1 aliphatic rings. The predicted molar refractivity (Wildman–Crippen MR) is 112 cm³/mol. The topological polar surface area (TPSA) is 149 Å². The van der Waals surface area contributed by atoms with Crippen molar-refractivity contribution in [3.05, 3.63) is 75.9 Å². The Morgan fingerprint density at radius 1 is 1.21 bits per heavy atom. The summed E-state index contributed by atoms with van der Waals surface area (Å²) in [5, 5.41) is 28.4. The number of carbonyl (C=O) groups is 2. The number of benzene rings is 2. The van der Waals surface area contributed by atoms with E-state index in [0.29, 0.717) is 5.56 Å². The number of carbonyl (C=O) groups excluding carboxylic acids is 2. The van der Waals surface area contributed by atoms with E-state index in [2.05, 4.69) is 10.2 Å². The monoisotopic (exact) mass is 470 g/mol. The van der Waals surface area contributed by atoms with Gasteiger partial charge in [-0.2, -0.15) is 0 Å². The van der Waals surface area contributed by atoms with Crippen LogP contribution < -0.4 is 0 Å². The highest BCUT2D eigenvalue weighted by Gasteiger charge is 2.40. The van der Waals surface area contributed by atoms with Gasteiger partial charge in [0.25, 0.3) is 11.6 Å². The predicted octanol–water partition coefficient (Wildman–Crippen LogP) is 2.03. The molecule has 2 aromatic carbocycles. The van der Waals surface area contributed by atoms with Crippen molar-refractivity contribution in [2.75, 3.05) is 6.54 Å². The third-order valence-corrected chi connectivity index (χ3v) is 5.30. The zero-order valence-electron chi connectivity index (χ0n) is 17.7. The third kappa shape index (κ3) is 5.07. The molecule has 1 N–H and O–H groups in total. The fourth-order valence-corrected chi connectivity index (χ4v) is 3.60. The van der Waals surface area contributed by atoms with E-state index in [1.165, 1.54) is 47.4 Å². The summed E-state index contributed by atoms with van der Waals surface area (Å²) in [4.78, 5) is 36.7. The zero-order chi connectivity index (χ0) is 24.2. The molecule has 12 heteroatoms. The van der Waals surface area contributed by atoms with Crippen molar-refractivity contribution in [3.8, 4) is 11.5 Å². The lowest BCUT2D eigenvalue weighted by molar-refractivity contribution is -0.384. The van der Waals surface area contributed by atoms with E-state index in [-0.39, 0.29) is 49.0 Å². The first-order valence-corrected chi connectivity index (χ1v) is 10.3. The Labute approximate surface area is 191 Å². The van der Waals surface area contributed by atoms with Crippen molar-refractivity contribution >= 4 is 17.6 Å². The van der Waals surface area contributed by atoms with Gasteiger partial charge in [0.15, 0.2) is 6.61 Å². The van der Waals surface area contributed by atoms with Gasteiger partial charge in [-0.15, -0.1) is 10.2 Å². The minimum absolute atomic E-state index is 0.0142. The zero-order valence-corrected chi connectivity index (χ0v) is 17.7. The maximum Gasteiger partial charge on any atom is 0.329 e. The number of nitrogens with zero attached hydrogens (tertiary/aromatic N) is 4. The Kier molecular flexibility index (Phi) is 6.59. The van der Waals surface area contributed by atoms with E-state index in [0.717, 1.165) is 0 Å². The van der Waals surface area contributed by atoms with E-state index < -0.39 is 34.8 Å². The van der Waals surface area contributed by atoms with Crippen LogP contribution in [0.3, 0.4) is 0 Å². The Morgan fingerprint density at radius 3 is 2.65 bits per heavy atom. The molecule has 2 atom stereocenters. The molecular formula is C22H19FN4O7. The highest BCUT2D eigenvalue weighted by Crippen LogP contribution is 2.23. The molecule has 0 bridgehead atoms.